The monoisotopic (exact) mass is 277 g/mol. The number of nitrogens with one attached hydrogen (secondary N) is 1. The molecule has 2 fully saturated rings. The van der Waals surface area contributed by atoms with Crippen molar-refractivity contribution in [3.05, 3.63) is 21.9 Å². The summed E-state index contributed by atoms with van der Waals surface area (Å²) in [6.07, 6.45) is 10.3. The number of fused-ring (bicyclic) bond motifs is 1. The molecule has 1 heterocycles. The van der Waals surface area contributed by atoms with Crippen molar-refractivity contribution in [3.63, 3.8) is 0 Å². The van der Waals surface area contributed by atoms with Crippen molar-refractivity contribution >= 4 is 11.3 Å². The molecule has 0 radical (unpaired) electrons. The molecule has 0 aromatic carbocycles. The average molecular weight is 277 g/mol. The second-order valence-electron chi connectivity index (χ2n) is 6.65. The van der Waals surface area contributed by atoms with Crippen molar-refractivity contribution in [1.82, 2.24) is 5.32 Å². The summed E-state index contributed by atoms with van der Waals surface area (Å²) in [5.74, 6) is 2.09. The molecule has 19 heavy (non-hydrogen) atoms. The number of rotatable bonds is 3. The van der Waals surface area contributed by atoms with Gasteiger partial charge in [0, 0.05) is 21.8 Å². The van der Waals surface area contributed by atoms with Gasteiger partial charge >= 0.3 is 0 Å². The minimum Gasteiger partial charge on any atom is -0.307 e. The second kappa shape index (κ2) is 5.97. The fourth-order valence-corrected chi connectivity index (χ4v) is 5.04. The van der Waals surface area contributed by atoms with E-state index in [1.807, 2.05) is 11.3 Å². The normalized spacial score (nSPS) is 32.8. The van der Waals surface area contributed by atoms with E-state index in [0.29, 0.717) is 6.04 Å². The number of hydrogen-bond acceptors (Lipinski definition) is 2. The molecule has 0 saturated heterocycles. The van der Waals surface area contributed by atoms with Crippen LogP contribution in [0.25, 0.3) is 0 Å². The Morgan fingerprint density at radius 1 is 1.11 bits per heavy atom. The summed E-state index contributed by atoms with van der Waals surface area (Å²) in [5, 5.41) is 3.89. The van der Waals surface area contributed by atoms with E-state index in [1.54, 1.807) is 0 Å². The zero-order valence-electron chi connectivity index (χ0n) is 12.3. The number of aryl methyl sites for hydroxylation is 1. The lowest BCUT2D eigenvalue weighted by Crippen LogP contribution is -2.39. The van der Waals surface area contributed by atoms with Gasteiger partial charge in [0.1, 0.15) is 0 Å². The minimum atomic E-state index is 0.531. The first-order valence-corrected chi connectivity index (χ1v) is 8.86. The predicted molar refractivity (Wildman–Crippen MR) is 83.7 cm³/mol. The Kier molecular flexibility index (Phi) is 4.28. The molecule has 1 aromatic rings. The van der Waals surface area contributed by atoms with Crippen LogP contribution in [0.4, 0.5) is 0 Å². The maximum atomic E-state index is 3.89. The first kappa shape index (κ1) is 13.6. The van der Waals surface area contributed by atoms with E-state index in [2.05, 4.69) is 31.3 Å². The van der Waals surface area contributed by atoms with Gasteiger partial charge < -0.3 is 5.32 Å². The van der Waals surface area contributed by atoms with E-state index in [4.69, 9.17) is 0 Å². The maximum Gasteiger partial charge on any atom is 0.0388 e. The zero-order valence-corrected chi connectivity index (χ0v) is 13.1. The van der Waals surface area contributed by atoms with Gasteiger partial charge in [0.05, 0.1) is 0 Å². The summed E-state index contributed by atoms with van der Waals surface area (Å²) in [5.41, 5.74) is 0. The van der Waals surface area contributed by atoms with Gasteiger partial charge in [0.25, 0.3) is 0 Å². The molecule has 4 unspecified atom stereocenters. The average Bonchev–Trinajstić information content (AvgIpc) is 2.85. The zero-order chi connectivity index (χ0) is 13.2. The quantitative estimate of drug-likeness (QED) is 0.813. The van der Waals surface area contributed by atoms with E-state index >= 15 is 0 Å². The molecule has 0 aliphatic heterocycles. The highest BCUT2D eigenvalue weighted by Gasteiger charge is 2.32. The highest BCUT2D eigenvalue weighted by atomic mass is 32.1. The smallest absolute Gasteiger partial charge is 0.0388 e. The van der Waals surface area contributed by atoms with E-state index in [0.717, 1.165) is 17.9 Å². The molecule has 2 aliphatic rings. The minimum absolute atomic E-state index is 0.531. The molecule has 0 bridgehead atoms. The Labute approximate surface area is 121 Å². The molecule has 0 amide bonds. The highest BCUT2D eigenvalue weighted by molar-refractivity contribution is 7.12. The molecule has 106 valence electrons. The fourth-order valence-electron chi connectivity index (χ4n) is 4.15. The largest absolute Gasteiger partial charge is 0.307 e. The van der Waals surface area contributed by atoms with Gasteiger partial charge in [0.15, 0.2) is 0 Å². The summed E-state index contributed by atoms with van der Waals surface area (Å²) in [6, 6.07) is 5.83. The summed E-state index contributed by atoms with van der Waals surface area (Å²) in [6.45, 7) is 4.53. The molecular weight excluding hydrogens is 250 g/mol. The van der Waals surface area contributed by atoms with Crippen molar-refractivity contribution < 1.29 is 0 Å². The Hall–Kier alpha value is -0.340. The van der Waals surface area contributed by atoms with E-state index in [9.17, 15) is 0 Å². The number of hydrogen-bond donors (Lipinski definition) is 1. The van der Waals surface area contributed by atoms with Gasteiger partial charge in [-0.05, 0) is 57.1 Å². The molecule has 2 heteroatoms. The van der Waals surface area contributed by atoms with Gasteiger partial charge in [-0.1, -0.05) is 25.7 Å². The standard InChI is InChI=1S/C17H27NS/c1-12-7-10-17(19-12)13(2)18-16-9-8-14-5-3-4-6-15(14)11-16/h7,10,13-16,18H,3-6,8-9,11H2,1-2H3. The van der Waals surface area contributed by atoms with Gasteiger partial charge in [-0.3, -0.25) is 0 Å². The third-order valence-corrected chi connectivity index (χ3v) is 6.40. The van der Waals surface area contributed by atoms with Crippen LogP contribution in [0.1, 0.15) is 67.7 Å². The van der Waals surface area contributed by atoms with Crippen LogP contribution < -0.4 is 5.32 Å². The van der Waals surface area contributed by atoms with Gasteiger partial charge in [0.2, 0.25) is 0 Å². The first-order valence-electron chi connectivity index (χ1n) is 8.05. The van der Waals surface area contributed by atoms with Gasteiger partial charge in [-0.2, -0.15) is 0 Å². The maximum absolute atomic E-state index is 3.89. The Morgan fingerprint density at radius 3 is 2.63 bits per heavy atom. The van der Waals surface area contributed by atoms with E-state index < -0.39 is 0 Å². The van der Waals surface area contributed by atoms with Crippen molar-refractivity contribution in [3.8, 4) is 0 Å². The Bertz CT molecular complexity index is 411. The SMILES string of the molecule is Cc1ccc(C(C)NC2CCC3CCCCC3C2)s1. The molecule has 1 N–H and O–H groups in total. The Morgan fingerprint density at radius 2 is 1.89 bits per heavy atom. The molecule has 1 aromatic heterocycles. The number of thiophene rings is 1. The first-order chi connectivity index (χ1) is 9.22. The van der Waals surface area contributed by atoms with Crippen molar-refractivity contribution in [2.75, 3.05) is 0 Å². The lowest BCUT2D eigenvalue weighted by Gasteiger charge is -2.40. The van der Waals surface area contributed by atoms with Crippen molar-refractivity contribution in [1.29, 1.82) is 0 Å². The van der Waals surface area contributed by atoms with Crippen LogP contribution in [0.3, 0.4) is 0 Å². The van der Waals surface area contributed by atoms with Crippen molar-refractivity contribution in [2.24, 2.45) is 11.8 Å². The molecule has 4 atom stereocenters. The van der Waals surface area contributed by atoms with Gasteiger partial charge in [-0.15, -0.1) is 11.3 Å². The van der Waals surface area contributed by atoms with Gasteiger partial charge in [-0.25, -0.2) is 0 Å². The summed E-state index contributed by atoms with van der Waals surface area (Å²) in [4.78, 5) is 2.93. The van der Waals surface area contributed by atoms with Crippen molar-refractivity contribution in [2.45, 2.75) is 70.9 Å². The van der Waals surface area contributed by atoms with E-state index in [-0.39, 0.29) is 0 Å². The van der Waals surface area contributed by atoms with Crippen LogP contribution in [0, 0.1) is 18.8 Å². The third kappa shape index (κ3) is 3.22. The van der Waals surface area contributed by atoms with Crippen LogP contribution in [0.5, 0.6) is 0 Å². The third-order valence-electron chi connectivity index (χ3n) is 5.21. The molecule has 0 spiro atoms. The van der Waals surface area contributed by atoms with Crippen LogP contribution >= 0.6 is 11.3 Å². The summed E-state index contributed by atoms with van der Waals surface area (Å²) in [7, 11) is 0. The van der Waals surface area contributed by atoms with Crippen LogP contribution in [-0.4, -0.2) is 6.04 Å². The summed E-state index contributed by atoms with van der Waals surface area (Å²) >= 11 is 1.94. The highest BCUT2D eigenvalue weighted by Crippen LogP contribution is 2.41. The molecule has 3 rings (SSSR count). The van der Waals surface area contributed by atoms with E-state index in [1.165, 1.54) is 54.7 Å². The lowest BCUT2D eigenvalue weighted by molar-refractivity contribution is 0.139. The Balaban J connectivity index is 1.55. The van der Waals surface area contributed by atoms with Crippen LogP contribution in [0.15, 0.2) is 12.1 Å². The predicted octanol–water partition coefficient (Wildman–Crippen LogP) is 5.07. The topological polar surface area (TPSA) is 12.0 Å². The van der Waals surface area contributed by atoms with Crippen LogP contribution in [-0.2, 0) is 0 Å². The second-order valence-corrected chi connectivity index (χ2v) is 7.97. The summed E-state index contributed by atoms with van der Waals surface area (Å²) < 4.78 is 0. The molecule has 1 nitrogen and oxygen atoms in total. The fraction of sp³-hybridized carbons (Fsp3) is 0.765. The lowest BCUT2D eigenvalue weighted by atomic mass is 9.69. The molecule has 2 saturated carbocycles. The van der Waals surface area contributed by atoms with Crippen LogP contribution in [0.2, 0.25) is 0 Å². The molecule has 2 aliphatic carbocycles. The molecular formula is C17H27NS.